The van der Waals surface area contributed by atoms with Crippen LogP contribution in [-0.2, 0) is 11.3 Å². The van der Waals surface area contributed by atoms with E-state index in [1.165, 1.54) is 17.3 Å². The lowest BCUT2D eigenvalue weighted by Gasteiger charge is -2.06. The predicted octanol–water partition coefficient (Wildman–Crippen LogP) is 3.64. The third-order valence-electron chi connectivity index (χ3n) is 2.95. The van der Waals surface area contributed by atoms with Crippen LogP contribution < -0.4 is 11.1 Å². The lowest BCUT2D eigenvalue weighted by molar-refractivity contribution is -0.118. The van der Waals surface area contributed by atoms with Crippen molar-refractivity contribution >= 4 is 35.0 Å². The summed E-state index contributed by atoms with van der Waals surface area (Å²) in [4.78, 5) is 12.7. The van der Waals surface area contributed by atoms with E-state index in [2.05, 4.69) is 5.32 Å². The Morgan fingerprint density at radius 2 is 1.95 bits per heavy atom. The summed E-state index contributed by atoms with van der Waals surface area (Å²) in [5.74, 6) is 0.347. The molecule has 2 aromatic rings. The maximum atomic E-state index is 11.8. The summed E-state index contributed by atoms with van der Waals surface area (Å²) >= 11 is 7.38. The molecule has 0 radical (unpaired) electrons. The van der Waals surface area contributed by atoms with E-state index in [1.54, 1.807) is 12.1 Å². The van der Waals surface area contributed by atoms with Gasteiger partial charge in [-0.2, -0.15) is 0 Å². The van der Waals surface area contributed by atoms with Crippen molar-refractivity contribution in [3.8, 4) is 0 Å². The number of amides is 1. The second-order valence-electron chi connectivity index (χ2n) is 4.73. The number of nitrogen functional groups attached to an aromatic ring is 1. The van der Waals surface area contributed by atoms with E-state index in [-0.39, 0.29) is 5.91 Å². The monoisotopic (exact) mass is 320 g/mol. The first-order valence-corrected chi connectivity index (χ1v) is 7.91. The number of nitrogens with two attached hydrogens (primary N) is 1. The molecular weight excluding hydrogens is 304 g/mol. The standard InChI is InChI=1S/C16H17ClN2OS/c1-11-2-4-12(5-3-11)9-19-16(20)10-21-13-6-7-15(18)14(17)8-13/h2-8H,9-10,18H2,1H3,(H,19,20). The van der Waals surface area contributed by atoms with Gasteiger partial charge in [0.1, 0.15) is 0 Å². The summed E-state index contributed by atoms with van der Waals surface area (Å²) in [5, 5.41) is 3.41. The van der Waals surface area contributed by atoms with Crippen LogP contribution in [-0.4, -0.2) is 11.7 Å². The largest absolute Gasteiger partial charge is 0.398 e. The minimum absolute atomic E-state index is 0.00600. The van der Waals surface area contributed by atoms with Crippen molar-refractivity contribution in [2.24, 2.45) is 0 Å². The Labute approximate surface area is 133 Å². The number of aryl methyl sites for hydroxylation is 1. The fourth-order valence-corrected chi connectivity index (χ4v) is 2.71. The third kappa shape index (κ3) is 4.99. The Balaban J connectivity index is 1.79. The highest BCUT2D eigenvalue weighted by atomic mass is 35.5. The normalized spacial score (nSPS) is 10.4. The van der Waals surface area contributed by atoms with Gasteiger partial charge >= 0.3 is 0 Å². The van der Waals surface area contributed by atoms with Gasteiger partial charge in [0.25, 0.3) is 0 Å². The van der Waals surface area contributed by atoms with Gasteiger partial charge in [-0.1, -0.05) is 41.4 Å². The van der Waals surface area contributed by atoms with Crippen molar-refractivity contribution in [1.82, 2.24) is 5.32 Å². The first kappa shape index (κ1) is 15.7. The molecule has 0 heterocycles. The summed E-state index contributed by atoms with van der Waals surface area (Å²) in [6, 6.07) is 13.5. The van der Waals surface area contributed by atoms with Crippen LogP contribution in [0.4, 0.5) is 5.69 Å². The SMILES string of the molecule is Cc1ccc(CNC(=O)CSc2ccc(N)c(Cl)c2)cc1. The number of hydrogen-bond acceptors (Lipinski definition) is 3. The van der Waals surface area contributed by atoms with Crippen LogP contribution in [0.25, 0.3) is 0 Å². The van der Waals surface area contributed by atoms with Crippen LogP contribution in [0.2, 0.25) is 5.02 Å². The van der Waals surface area contributed by atoms with E-state index < -0.39 is 0 Å². The molecule has 0 saturated heterocycles. The number of carbonyl (C=O) groups excluding carboxylic acids is 1. The highest BCUT2D eigenvalue weighted by molar-refractivity contribution is 8.00. The first-order valence-electron chi connectivity index (χ1n) is 6.54. The zero-order valence-corrected chi connectivity index (χ0v) is 13.3. The molecule has 2 rings (SSSR count). The molecule has 0 saturated carbocycles. The highest BCUT2D eigenvalue weighted by Crippen LogP contribution is 2.26. The molecule has 0 bridgehead atoms. The van der Waals surface area contributed by atoms with E-state index in [9.17, 15) is 4.79 Å². The van der Waals surface area contributed by atoms with E-state index in [4.69, 9.17) is 17.3 Å². The molecule has 0 spiro atoms. The summed E-state index contributed by atoms with van der Waals surface area (Å²) in [7, 11) is 0. The maximum absolute atomic E-state index is 11.8. The van der Waals surface area contributed by atoms with Gasteiger partial charge in [-0.05, 0) is 30.7 Å². The molecule has 0 unspecified atom stereocenters. The average Bonchev–Trinajstić information content (AvgIpc) is 2.48. The second kappa shape index (κ2) is 7.38. The number of hydrogen-bond donors (Lipinski definition) is 2. The highest BCUT2D eigenvalue weighted by Gasteiger charge is 2.04. The topological polar surface area (TPSA) is 55.1 Å². The van der Waals surface area contributed by atoms with Crippen molar-refractivity contribution in [3.05, 3.63) is 58.6 Å². The summed E-state index contributed by atoms with van der Waals surface area (Å²) < 4.78 is 0. The molecule has 0 atom stereocenters. The number of rotatable bonds is 5. The smallest absolute Gasteiger partial charge is 0.230 e. The summed E-state index contributed by atoms with van der Waals surface area (Å²) in [5.41, 5.74) is 8.49. The van der Waals surface area contributed by atoms with E-state index in [0.29, 0.717) is 23.0 Å². The minimum Gasteiger partial charge on any atom is -0.398 e. The zero-order chi connectivity index (χ0) is 15.2. The van der Waals surface area contributed by atoms with Crippen molar-refractivity contribution in [3.63, 3.8) is 0 Å². The third-order valence-corrected chi connectivity index (χ3v) is 4.27. The van der Waals surface area contributed by atoms with Crippen LogP contribution in [0.15, 0.2) is 47.4 Å². The molecule has 21 heavy (non-hydrogen) atoms. The van der Waals surface area contributed by atoms with Crippen molar-refractivity contribution < 1.29 is 4.79 Å². The van der Waals surface area contributed by atoms with Gasteiger partial charge in [0.05, 0.1) is 16.5 Å². The zero-order valence-electron chi connectivity index (χ0n) is 11.7. The summed E-state index contributed by atoms with van der Waals surface area (Å²) in [6.45, 7) is 2.58. The first-order chi connectivity index (χ1) is 10.0. The fourth-order valence-electron chi connectivity index (χ4n) is 1.70. The number of anilines is 1. The quantitative estimate of drug-likeness (QED) is 0.653. The van der Waals surface area contributed by atoms with Crippen molar-refractivity contribution in [1.29, 1.82) is 0 Å². The van der Waals surface area contributed by atoms with E-state index in [1.807, 2.05) is 37.3 Å². The summed E-state index contributed by atoms with van der Waals surface area (Å²) in [6.07, 6.45) is 0. The van der Waals surface area contributed by atoms with Crippen LogP contribution in [0.3, 0.4) is 0 Å². The molecule has 0 fully saturated rings. The molecule has 0 aliphatic rings. The van der Waals surface area contributed by atoms with Crippen LogP contribution in [0, 0.1) is 6.92 Å². The van der Waals surface area contributed by atoms with E-state index >= 15 is 0 Å². The van der Waals surface area contributed by atoms with Gasteiger partial charge in [-0.25, -0.2) is 0 Å². The van der Waals surface area contributed by atoms with Crippen LogP contribution in [0.5, 0.6) is 0 Å². The van der Waals surface area contributed by atoms with Gasteiger partial charge in [-0.15, -0.1) is 11.8 Å². The van der Waals surface area contributed by atoms with Gasteiger partial charge in [0, 0.05) is 11.4 Å². The molecule has 0 aliphatic heterocycles. The van der Waals surface area contributed by atoms with Gasteiger partial charge in [0.2, 0.25) is 5.91 Å². The second-order valence-corrected chi connectivity index (χ2v) is 6.19. The Morgan fingerprint density at radius 1 is 1.24 bits per heavy atom. The maximum Gasteiger partial charge on any atom is 0.230 e. The Kier molecular flexibility index (Phi) is 5.53. The molecule has 2 aromatic carbocycles. The Hall–Kier alpha value is -1.65. The van der Waals surface area contributed by atoms with Crippen LogP contribution in [0.1, 0.15) is 11.1 Å². The molecular formula is C16H17ClN2OS. The van der Waals surface area contributed by atoms with Crippen molar-refractivity contribution in [2.75, 3.05) is 11.5 Å². The molecule has 1 amide bonds. The molecule has 110 valence electrons. The number of benzene rings is 2. The van der Waals surface area contributed by atoms with Gasteiger partial charge < -0.3 is 11.1 Å². The predicted molar refractivity (Wildman–Crippen MR) is 89.6 cm³/mol. The van der Waals surface area contributed by atoms with Crippen molar-refractivity contribution in [2.45, 2.75) is 18.4 Å². The van der Waals surface area contributed by atoms with Crippen LogP contribution >= 0.6 is 23.4 Å². The lowest BCUT2D eigenvalue weighted by Crippen LogP contribution is -2.24. The molecule has 5 heteroatoms. The van der Waals surface area contributed by atoms with Gasteiger partial charge in [0.15, 0.2) is 0 Å². The Bertz CT molecular complexity index is 629. The average molecular weight is 321 g/mol. The van der Waals surface area contributed by atoms with Gasteiger partial charge in [-0.3, -0.25) is 4.79 Å². The molecule has 0 aliphatic carbocycles. The number of halogens is 1. The number of thioether (sulfide) groups is 1. The van der Waals surface area contributed by atoms with E-state index in [0.717, 1.165) is 10.5 Å². The number of nitrogens with one attached hydrogen (secondary N) is 1. The Morgan fingerprint density at radius 3 is 2.62 bits per heavy atom. The lowest BCUT2D eigenvalue weighted by atomic mass is 10.1. The molecule has 3 N–H and O–H groups in total. The molecule has 0 aromatic heterocycles. The minimum atomic E-state index is -0.00600. The molecule has 3 nitrogen and oxygen atoms in total. The number of carbonyl (C=O) groups is 1. The fraction of sp³-hybridized carbons (Fsp3) is 0.188.